The normalized spacial score (nSPS) is 11.8. The first-order valence-electron chi connectivity index (χ1n) is 10.1. The van der Waals surface area contributed by atoms with Crippen molar-refractivity contribution in [2.45, 2.75) is 51.9 Å². The number of esters is 2. The second-order valence-electron chi connectivity index (χ2n) is 7.95. The molecule has 1 N–H and O–H groups in total. The predicted octanol–water partition coefficient (Wildman–Crippen LogP) is 3.80. The van der Waals surface area contributed by atoms with E-state index in [0.717, 1.165) is 11.1 Å². The largest absolute Gasteiger partial charge is 0.464 e. The maximum atomic E-state index is 12.6. The van der Waals surface area contributed by atoms with Crippen LogP contribution in [-0.2, 0) is 36.8 Å². The molecule has 2 rings (SSSR count). The number of hydrogen-bond donors (Lipinski definition) is 1. The predicted molar refractivity (Wildman–Crippen MR) is 115 cm³/mol. The number of amides is 1. The van der Waals surface area contributed by atoms with Gasteiger partial charge >= 0.3 is 18.0 Å². The molecule has 1 amide bonds. The third kappa shape index (κ3) is 9.80. The number of nitrogens with one attached hydrogen (secondary N) is 1. The van der Waals surface area contributed by atoms with E-state index in [2.05, 4.69) is 5.32 Å². The lowest BCUT2D eigenvalue weighted by Crippen LogP contribution is -2.45. The number of carbonyl (C=O) groups excluding carboxylic acids is 3. The van der Waals surface area contributed by atoms with Crippen molar-refractivity contribution in [3.05, 3.63) is 71.8 Å². The van der Waals surface area contributed by atoms with Gasteiger partial charge in [0.15, 0.2) is 0 Å². The summed E-state index contributed by atoms with van der Waals surface area (Å²) in [7, 11) is 0. The molecule has 0 aliphatic carbocycles. The summed E-state index contributed by atoms with van der Waals surface area (Å²) in [5, 5.41) is 2.55. The summed E-state index contributed by atoms with van der Waals surface area (Å²) in [6.45, 7) is 5.21. The Morgan fingerprint density at radius 3 is 2.03 bits per heavy atom. The fourth-order valence-electron chi connectivity index (χ4n) is 2.64. The van der Waals surface area contributed by atoms with E-state index in [4.69, 9.17) is 14.2 Å². The van der Waals surface area contributed by atoms with E-state index < -0.39 is 29.7 Å². The molecular formula is C24H29NO6. The van der Waals surface area contributed by atoms with Crippen LogP contribution in [-0.4, -0.2) is 36.3 Å². The van der Waals surface area contributed by atoms with Crippen LogP contribution in [0.2, 0.25) is 0 Å². The van der Waals surface area contributed by atoms with Gasteiger partial charge in [-0.05, 0) is 31.9 Å². The van der Waals surface area contributed by atoms with E-state index in [0.29, 0.717) is 0 Å². The van der Waals surface area contributed by atoms with Crippen molar-refractivity contribution in [3.63, 3.8) is 0 Å². The van der Waals surface area contributed by atoms with Crippen LogP contribution in [0.15, 0.2) is 60.7 Å². The highest BCUT2D eigenvalue weighted by Gasteiger charge is 2.26. The standard InChI is InChI=1S/C24H29NO6/c1-24(2,3)31-23(28)25-20(16-18-10-6-4-7-11-18)22(27)29-15-14-21(26)30-17-19-12-8-5-9-13-19/h4-13,20H,14-17H2,1-3H3,(H,25,28)/t20-/m1/s1. The van der Waals surface area contributed by atoms with Crippen LogP contribution >= 0.6 is 0 Å². The zero-order valence-corrected chi connectivity index (χ0v) is 18.1. The third-order valence-electron chi connectivity index (χ3n) is 4.05. The fraction of sp³-hybridized carbons (Fsp3) is 0.375. The van der Waals surface area contributed by atoms with Gasteiger partial charge < -0.3 is 19.5 Å². The molecule has 166 valence electrons. The van der Waals surface area contributed by atoms with Gasteiger partial charge in [0.1, 0.15) is 24.9 Å². The highest BCUT2D eigenvalue weighted by Crippen LogP contribution is 2.10. The van der Waals surface area contributed by atoms with Crippen molar-refractivity contribution >= 4 is 18.0 Å². The van der Waals surface area contributed by atoms with E-state index >= 15 is 0 Å². The van der Waals surface area contributed by atoms with Gasteiger partial charge in [-0.3, -0.25) is 4.79 Å². The SMILES string of the molecule is CC(C)(C)OC(=O)N[C@H](Cc1ccccc1)C(=O)OCCC(=O)OCc1ccccc1. The van der Waals surface area contributed by atoms with Crippen LogP contribution in [0.5, 0.6) is 0 Å². The quantitative estimate of drug-likeness (QED) is 0.484. The number of benzene rings is 2. The summed E-state index contributed by atoms with van der Waals surface area (Å²) in [5.74, 6) is -1.12. The molecule has 7 nitrogen and oxygen atoms in total. The van der Waals surface area contributed by atoms with Crippen molar-refractivity contribution < 1.29 is 28.6 Å². The molecule has 0 unspecified atom stereocenters. The van der Waals surface area contributed by atoms with Gasteiger partial charge in [-0.15, -0.1) is 0 Å². The molecule has 2 aromatic rings. The molecule has 0 aromatic heterocycles. The molecular weight excluding hydrogens is 398 g/mol. The van der Waals surface area contributed by atoms with E-state index in [1.54, 1.807) is 20.8 Å². The maximum absolute atomic E-state index is 12.6. The Bertz CT molecular complexity index is 845. The summed E-state index contributed by atoms with van der Waals surface area (Å²) < 4.78 is 15.6. The first-order valence-corrected chi connectivity index (χ1v) is 10.1. The molecule has 1 atom stereocenters. The van der Waals surface area contributed by atoms with Crippen molar-refractivity contribution in [2.75, 3.05) is 6.61 Å². The molecule has 0 radical (unpaired) electrons. The van der Waals surface area contributed by atoms with Crippen molar-refractivity contribution in [1.29, 1.82) is 0 Å². The fourth-order valence-corrected chi connectivity index (χ4v) is 2.64. The molecule has 31 heavy (non-hydrogen) atoms. The van der Waals surface area contributed by atoms with Gasteiger partial charge in [-0.25, -0.2) is 9.59 Å². The average molecular weight is 427 g/mol. The maximum Gasteiger partial charge on any atom is 0.408 e. The van der Waals surface area contributed by atoms with Crippen LogP contribution in [0.4, 0.5) is 4.79 Å². The highest BCUT2D eigenvalue weighted by molar-refractivity contribution is 5.82. The highest BCUT2D eigenvalue weighted by atomic mass is 16.6. The molecule has 0 aliphatic heterocycles. The lowest BCUT2D eigenvalue weighted by molar-refractivity contribution is -0.151. The molecule has 0 saturated carbocycles. The van der Waals surface area contributed by atoms with Crippen molar-refractivity contribution in [3.8, 4) is 0 Å². The summed E-state index contributed by atoms with van der Waals surface area (Å²) in [6, 6.07) is 17.6. The Balaban J connectivity index is 1.85. The van der Waals surface area contributed by atoms with Gasteiger partial charge in [-0.1, -0.05) is 60.7 Å². The van der Waals surface area contributed by atoms with Crippen LogP contribution < -0.4 is 5.32 Å². The van der Waals surface area contributed by atoms with Gasteiger partial charge in [-0.2, -0.15) is 0 Å². The van der Waals surface area contributed by atoms with E-state index in [1.165, 1.54) is 0 Å². The lowest BCUT2D eigenvalue weighted by Gasteiger charge is -2.23. The van der Waals surface area contributed by atoms with Crippen molar-refractivity contribution in [2.24, 2.45) is 0 Å². The summed E-state index contributed by atoms with van der Waals surface area (Å²) in [6.07, 6.45) is -0.562. The van der Waals surface area contributed by atoms with Crippen LogP contribution in [0, 0.1) is 0 Å². The average Bonchev–Trinajstić information content (AvgIpc) is 2.72. The molecule has 0 spiro atoms. The van der Waals surface area contributed by atoms with Crippen molar-refractivity contribution in [1.82, 2.24) is 5.32 Å². The molecule has 2 aromatic carbocycles. The summed E-state index contributed by atoms with van der Waals surface area (Å²) in [4.78, 5) is 36.6. The van der Waals surface area contributed by atoms with E-state index in [9.17, 15) is 14.4 Å². The number of rotatable bonds is 9. The first kappa shape index (κ1) is 23.9. The number of hydrogen-bond acceptors (Lipinski definition) is 6. The Kier molecular flexibility index (Phi) is 9.06. The zero-order valence-electron chi connectivity index (χ0n) is 18.1. The van der Waals surface area contributed by atoms with Crippen LogP contribution in [0.1, 0.15) is 38.3 Å². The minimum atomic E-state index is -0.947. The number of carbonyl (C=O) groups is 3. The number of alkyl carbamates (subject to hydrolysis) is 1. The Labute approximate surface area is 182 Å². The minimum Gasteiger partial charge on any atom is -0.464 e. The van der Waals surface area contributed by atoms with E-state index in [-0.39, 0.29) is 26.1 Å². The smallest absolute Gasteiger partial charge is 0.408 e. The molecule has 0 heterocycles. The monoisotopic (exact) mass is 427 g/mol. The molecule has 0 aliphatic rings. The summed E-state index contributed by atoms with van der Waals surface area (Å²) in [5.41, 5.74) is 1.02. The minimum absolute atomic E-state index is 0.0803. The van der Waals surface area contributed by atoms with Gasteiger partial charge in [0, 0.05) is 6.42 Å². The summed E-state index contributed by atoms with van der Waals surface area (Å²) >= 11 is 0. The Hall–Kier alpha value is -3.35. The second kappa shape index (κ2) is 11.7. The molecule has 0 fully saturated rings. The second-order valence-corrected chi connectivity index (χ2v) is 7.95. The molecule has 0 bridgehead atoms. The Morgan fingerprint density at radius 1 is 0.871 bits per heavy atom. The van der Waals surface area contributed by atoms with Gasteiger partial charge in [0.2, 0.25) is 0 Å². The van der Waals surface area contributed by atoms with Crippen LogP contribution in [0.3, 0.4) is 0 Å². The van der Waals surface area contributed by atoms with E-state index in [1.807, 2.05) is 60.7 Å². The third-order valence-corrected chi connectivity index (χ3v) is 4.05. The molecule has 7 heteroatoms. The van der Waals surface area contributed by atoms with Crippen LogP contribution in [0.25, 0.3) is 0 Å². The first-order chi connectivity index (χ1) is 14.7. The zero-order chi connectivity index (χ0) is 22.7. The lowest BCUT2D eigenvalue weighted by atomic mass is 10.1. The number of ether oxygens (including phenoxy) is 3. The van der Waals surface area contributed by atoms with Gasteiger partial charge in [0.25, 0.3) is 0 Å². The Morgan fingerprint density at radius 2 is 1.45 bits per heavy atom. The molecule has 0 saturated heterocycles. The topological polar surface area (TPSA) is 90.9 Å². The van der Waals surface area contributed by atoms with Gasteiger partial charge in [0.05, 0.1) is 6.42 Å².